The van der Waals surface area contributed by atoms with Gasteiger partial charge < -0.3 is 14.4 Å². The molecule has 2 aliphatic rings. The first-order valence-electron chi connectivity index (χ1n) is 13.3. The summed E-state index contributed by atoms with van der Waals surface area (Å²) in [5, 5.41) is 4.62. The van der Waals surface area contributed by atoms with E-state index in [2.05, 4.69) is 55.3 Å². The number of rotatable bonds is 12. The molecule has 0 unspecified atom stereocenters. The maximum Gasteiger partial charge on any atom is 0.157 e. The third kappa shape index (κ3) is 7.15. The molecule has 0 saturated heterocycles. The normalized spacial score (nSPS) is 23.1. The zero-order valence-corrected chi connectivity index (χ0v) is 24.3. The molecular weight excluding hydrogens is 456 g/mol. The molecule has 0 N–H and O–H groups in total. The fourth-order valence-electron chi connectivity index (χ4n) is 5.37. The largest absolute Gasteiger partial charge is 0.361 e. The van der Waals surface area contributed by atoms with Crippen molar-refractivity contribution >= 4 is 27.6 Å². The molecule has 3 atom stereocenters. The quantitative estimate of drug-likeness (QED) is 0.189. The fraction of sp³-hybridized carbons (Fsp3) is 0.769. The number of hydrogen-bond donors (Lipinski definition) is 0. The Bertz CT molecular complexity index is 903. The molecule has 0 amide bonds. The first-order valence-corrected chi connectivity index (χ1v) is 20.7. The third-order valence-corrected chi connectivity index (χ3v) is 10.9. The monoisotopic (exact) mass is 502 g/mol. The van der Waals surface area contributed by atoms with Crippen molar-refractivity contribution < 1.29 is 9.47 Å². The predicted molar refractivity (Wildman–Crippen MR) is 146 cm³/mol. The van der Waals surface area contributed by atoms with Gasteiger partial charge in [-0.2, -0.15) is 9.61 Å². The van der Waals surface area contributed by atoms with Crippen LogP contribution in [0.25, 0.3) is 5.65 Å². The van der Waals surface area contributed by atoms with E-state index in [0.29, 0.717) is 19.4 Å². The highest BCUT2D eigenvalue weighted by molar-refractivity contribution is 6.76. The van der Waals surface area contributed by atoms with Crippen LogP contribution in [0.3, 0.4) is 0 Å². The molecule has 0 aliphatic heterocycles. The van der Waals surface area contributed by atoms with E-state index < -0.39 is 16.1 Å². The van der Waals surface area contributed by atoms with Gasteiger partial charge in [-0.1, -0.05) is 52.1 Å². The van der Waals surface area contributed by atoms with Crippen molar-refractivity contribution in [1.29, 1.82) is 0 Å². The first-order chi connectivity index (χ1) is 16.1. The Balaban J connectivity index is 1.53. The van der Waals surface area contributed by atoms with Crippen molar-refractivity contribution in [2.24, 2.45) is 11.8 Å². The number of nitrogens with zero attached hydrogens (tertiary/aromatic N) is 4. The van der Waals surface area contributed by atoms with E-state index in [4.69, 9.17) is 14.5 Å². The first kappa shape index (κ1) is 25.9. The Labute approximate surface area is 208 Å². The van der Waals surface area contributed by atoms with Crippen LogP contribution in [0.2, 0.25) is 51.4 Å². The average molecular weight is 503 g/mol. The van der Waals surface area contributed by atoms with Crippen LogP contribution in [0.4, 0.5) is 5.82 Å². The van der Waals surface area contributed by atoms with Crippen molar-refractivity contribution in [3.05, 3.63) is 24.0 Å². The summed E-state index contributed by atoms with van der Waals surface area (Å²) in [7, 11) is -2.26. The zero-order chi connectivity index (χ0) is 24.3. The van der Waals surface area contributed by atoms with Gasteiger partial charge in [-0.3, -0.25) is 0 Å². The summed E-state index contributed by atoms with van der Waals surface area (Å²) < 4.78 is 14.4. The maximum absolute atomic E-state index is 6.21. The summed E-state index contributed by atoms with van der Waals surface area (Å²) >= 11 is 0. The highest BCUT2D eigenvalue weighted by Crippen LogP contribution is 2.48. The van der Waals surface area contributed by atoms with Gasteiger partial charge in [-0.15, -0.1) is 0 Å². The molecule has 0 aromatic carbocycles. The van der Waals surface area contributed by atoms with Crippen LogP contribution < -0.4 is 4.90 Å². The molecule has 6 nitrogen and oxygen atoms in total. The summed E-state index contributed by atoms with van der Waals surface area (Å²) in [5.41, 5.74) is 2.16. The van der Waals surface area contributed by atoms with Gasteiger partial charge >= 0.3 is 0 Å². The Morgan fingerprint density at radius 2 is 1.50 bits per heavy atom. The van der Waals surface area contributed by atoms with Gasteiger partial charge in [0.05, 0.1) is 6.20 Å². The lowest BCUT2D eigenvalue weighted by Gasteiger charge is -2.30. The van der Waals surface area contributed by atoms with Crippen LogP contribution >= 0.6 is 0 Å². The van der Waals surface area contributed by atoms with E-state index in [1.165, 1.54) is 49.9 Å². The highest BCUT2D eigenvalue weighted by Gasteiger charge is 2.35. The van der Waals surface area contributed by atoms with Crippen LogP contribution in [0.5, 0.6) is 0 Å². The van der Waals surface area contributed by atoms with Crippen LogP contribution in [0.1, 0.15) is 43.7 Å². The lowest BCUT2D eigenvalue weighted by atomic mass is 9.79. The van der Waals surface area contributed by atoms with E-state index in [9.17, 15) is 0 Å². The van der Waals surface area contributed by atoms with Gasteiger partial charge in [0.25, 0.3) is 0 Å². The van der Waals surface area contributed by atoms with Crippen LogP contribution in [-0.4, -0.2) is 57.4 Å². The van der Waals surface area contributed by atoms with Crippen molar-refractivity contribution in [3.63, 3.8) is 0 Å². The Morgan fingerprint density at radius 3 is 2.06 bits per heavy atom. The second-order valence-electron chi connectivity index (χ2n) is 13.1. The molecule has 4 rings (SSSR count). The van der Waals surface area contributed by atoms with E-state index in [-0.39, 0.29) is 0 Å². The van der Waals surface area contributed by atoms with Gasteiger partial charge in [-0.25, -0.2) is 4.98 Å². The lowest BCUT2D eigenvalue weighted by Crippen LogP contribution is -2.33. The third-order valence-electron chi connectivity index (χ3n) is 7.48. The molecule has 0 radical (unpaired) electrons. The minimum atomic E-state index is -1.13. The lowest BCUT2D eigenvalue weighted by molar-refractivity contribution is 0.0942. The standard InChI is InChI=1S/C26H46N4O2Si2/c1-33(2,3)13-11-31-19-29(20-32-12-14-34(4,5)6)26-18-24(28-25-9-10-27-30(25)26)23-16-21-7-8-22(15-21)17-23/h9-10,18,21-23H,7-8,11-17,19-20H2,1-6H3/t21-,22+,23+. The number of fused-ring (bicyclic) bond motifs is 3. The van der Waals surface area contributed by atoms with E-state index in [0.717, 1.165) is 36.5 Å². The smallest absolute Gasteiger partial charge is 0.157 e. The van der Waals surface area contributed by atoms with Crippen molar-refractivity contribution in [2.75, 3.05) is 31.6 Å². The van der Waals surface area contributed by atoms with Crippen LogP contribution in [0, 0.1) is 11.8 Å². The highest BCUT2D eigenvalue weighted by atomic mass is 28.3. The van der Waals surface area contributed by atoms with Crippen LogP contribution in [-0.2, 0) is 9.47 Å². The molecular formula is C26H46N4O2Si2. The molecule has 2 aromatic rings. The minimum Gasteiger partial charge on any atom is -0.361 e. The molecule has 2 saturated carbocycles. The number of ether oxygens (including phenoxy) is 2. The van der Waals surface area contributed by atoms with Gasteiger partial charge in [0.2, 0.25) is 0 Å². The minimum absolute atomic E-state index is 0.520. The molecule has 2 heterocycles. The summed E-state index contributed by atoms with van der Waals surface area (Å²) in [6.07, 6.45) is 8.67. The SMILES string of the molecule is C[Si](C)(C)CCOCN(COCC[Si](C)(C)C)c1cc([C@H]2C[C@@H]3CC[C@@H](C3)C2)nc2ccnn12. The number of anilines is 1. The average Bonchev–Trinajstić information content (AvgIpc) is 3.36. The predicted octanol–water partition coefficient (Wildman–Crippen LogP) is 6.45. The second-order valence-corrected chi connectivity index (χ2v) is 24.3. The molecule has 190 valence electrons. The number of hydrogen-bond acceptors (Lipinski definition) is 5. The Morgan fingerprint density at radius 1 is 0.912 bits per heavy atom. The molecule has 2 aromatic heterocycles. The second kappa shape index (κ2) is 10.8. The Kier molecular flexibility index (Phi) is 8.22. The van der Waals surface area contributed by atoms with Crippen LogP contribution in [0.15, 0.2) is 18.3 Å². The van der Waals surface area contributed by atoms with Crippen molar-refractivity contribution in [1.82, 2.24) is 14.6 Å². The summed E-state index contributed by atoms with van der Waals surface area (Å²) in [5.74, 6) is 3.39. The topological polar surface area (TPSA) is 51.9 Å². The van der Waals surface area contributed by atoms with Crippen molar-refractivity contribution in [2.45, 2.75) is 89.4 Å². The fourth-order valence-corrected chi connectivity index (χ4v) is 6.89. The van der Waals surface area contributed by atoms with Gasteiger partial charge in [-0.05, 0) is 43.2 Å². The molecule has 34 heavy (non-hydrogen) atoms. The Hall–Kier alpha value is -1.23. The van der Waals surface area contributed by atoms with E-state index in [1.54, 1.807) is 0 Å². The summed E-state index contributed by atoms with van der Waals surface area (Å²) in [4.78, 5) is 7.28. The van der Waals surface area contributed by atoms with Gasteiger partial charge in [0.1, 0.15) is 19.3 Å². The zero-order valence-electron chi connectivity index (χ0n) is 22.3. The molecule has 0 spiro atoms. The number of aromatic nitrogens is 3. The molecule has 2 bridgehead atoms. The molecule has 8 heteroatoms. The van der Waals surface area contributed by atoms with E-state index >= 15 is 0 Å². The summed E-state index contributed by atoms with van der Waals surface area (Å²) in [6, 6.07) is 6.64. The summed E-state index contributed by atoms with van der Waals surface area (Å²) in [6.45, 7) is 17.0. The molecule has 2 aliphatic carbocycles. The van der Waals surface area contributed by atoms with Crippen molar-refractivity contribution in [3.8, 4) is 0 Å². The van der Waals surface area contributed by atoms with Gasteiger partial charge in [0.15, 0.2) is 5.65 Å². The van der Waals surface area contributed by atoms with Gasteiger partial charge in [0, 0.05) is 53.1 Å². The maximum atomic E-state index is 6.21. The van der Waals surface area contributed by atoms with E-state index in [1.807, 2.05) is 16.8 Å². The molecule has 2 fully saturated rings.